The zero-order valence-electron chi connectivity index (χ0n) is 9.62. The molecule has 1 aromatic rings. The Balaban J connectivity index is 2.09. The number of nitrogens with zero attached hydrogens (tertiary/aromatic N) is 1. The molecular formula is C12H20N2S. The normalized spacial score (nSPS) is 26.9. The van der Waals surface area contributed by atoms with E-state index in [1.54, 1.807) is 0 Å². The number of thiazole rings is 1. The van der Waals surface area contributed by atoms with Crippen LogP contribution in [0.5, 0.6) is 0 Å². The molecule has 0 aromatic carbocycles. The van der Waals surface area contributed by atoms with Gasteiger partial charge in [-0.1, -0.05) is 19.8 Å². The van der Waals surface area contributed by atoms with E-state index in [4.69, 9.17) is 5.73 Å². The van der Waals surface area contributed by atoms with Gasteiger partial charge in [-0.15, -0.1) is 11.3 Å². The van der Waals surface area contributed by atoms with Gasteiger partial charge in [0.2, 0.25) is 0 Å². The SMILES string of the molecule is Cc1nc(C2CCC(C)CC2)sc1CN. The van der Waals surface area contributed by atoms with E-state index in [1.807, 2.05) is 11.3 Å². The first-order valence-corrected chi connectivity index (χ1v) is 6.68. The molecule has 0 radical (unpaired) electrons. The van der Waals surface area contributed by atoms with E-state index in [2.05, 4.69) is 18.8 Å². The highest BCUT2D eigenvalue weighted by molar-refractivity contribution is 7.11. The second-order valence-corrected chi connectivity index (χ2v) is 5.84. The van der Waals surface area contributed by atoms with Crippen LogP contribution < -0.4 is 5.73 Å². The summed E-state index contributed by atoms with van der Waals surface area (Å²) in [5.74, 6) is 1.63. The van der Waals surface area contributed by atoms with E-state index >= 15 is 0 Å². The zero-order chi connectivity index (χ0) is 10.8. The van der Waals surface area contributed by atoms with Crippen molar-refractivity contribution in [3.63, 3.8) is 0 Å². The monoisotopic (exact) mass is 224 g/mol. The summed E-state index contributed by atoms with van der Waals surface area (Å²) in [6.07, 6.45) is 5.36. The third-order valence-corrected chi connectivity index (χ3v) is 4.80. The summed E-state index contributed by atoms with van der Waals surface area (Å²) < 4.78 is 0. The van der Waals surface area contributed by atoms with Gasteiger partial charge in [0.15, 0.2) is 0 Å². The minimum absolute atomic E-state index is 0.645. The van der Waals surface area contributed by atoms with Crippen LogP contribution in [0.15, 0.2) is 0 Å². The van der Waals surface area contributed by atoms with Crippen LogP contribution in [-0.2, 0) is 6.54 Å². The van der Waals surface area contributed by atoms with Crippen LogP contribution >= 0.6 is 11.3 Å². The number of nitrogens with two attached hydrogens (primary N) is 1. The Morgan fingerprint density at radius 1 is 1.33 bits per heavy atom. The van der Waals surface area contributed by atoms with Gasteiger partial charge in [-0.2, -0.15) is 0 Å². The molecule has 0 unspecified atom stereocenters. The van der Waals surface area contributed by atoms with E-state index in [0.29, 0.717) is 12.5 Å². The van der Waals surface area contributed by atoms with Gasteiger partial charge in [-0.3, -0.25) is 0 Å². The largest absolute Gasteiger partial charge is 0.326 e. The maximum atomic E-state index is 5.69. The molecule has 1 aromatic heterocycles. The summed E-state index contributed by atoms with van der Waals surface area (Å²) in [4.78, 5) is 5.94. The first-order valence-electron chi connectivity index (χ1n) is 5.87. The lowest BCUT2D eigenvalue weighted by atomic mass is 9.83. The number of hydrogen-bond donors (Lipinski definition) is 1. The van der Waals surface area contributed by atoms with Gasteiger partial charge in [0, 0.05) is 17.3 Å². The second-order valence-electron chi connectivity index (χ2n) is 4.72. The number of rotatable bonds is 2. The summed E-state index contributed by atoms with van der Waals surface area (Å²) in [6.45, 7) is 5.08. The fourth-order valence-electron chi connectivity index (χ4n) is 2.32. The average Bonchev–Trinajstić information content (AvgIpc) is 2.61. The molecule has 15 heavy (non-hydrogen) atoms. The molecule has 0 spiro atoms. The highest BCUT2D eigenvalue weighted by Gasteiger charge is 2.22. The minimum atomic E-state index is 0.645. The van der Waals surface area contributed by atoms with Crippen LogP contribution in [0.25, 0.3) is 0 Å². The van der Waals surface area contributed by atoms with Crippen molar-refractivity contribution in [1.82, 2.24) is 4.98 Å². The molecular weight excluding hydrogens is 204 g/mol. The topological polar surface area (TPSA) is 38.9 Å². The molecule has 2 rings (SSSR count). The number of aromatic nitrogens is 1. The minimum Gasteiger partial charge on any atom is -0.326 e. The Morgan fingerprint density at radius 3 is 2.53 bits per heavy atom. The van der Waals surface area contributed by atoms with E-state index in [1.165, 1.54) is 35.6 Å². The van der Waals surface area contributed by atoms with Crippen LogP contribution in [0.4, 0.5) is 0 Å². The van der Waals surface area contributed by atoms with Gasteiger partial charge in [0.1, 0.15) is 0 Å². The Morgan fingerprint density at radius 2 is 2.00 bits per heavy atom. The first-order chi connectivity index (χ1) is 7.20. The molecule has 0 bridgehead atoms. The number of aryl methyl sites for hydroxylation is 1. The molecule has 0 saturated heterocycles. The van der Waals surface area contributed by atoms with Crippen molar-refractivity contribution in [2.45, 2.75) is 52.0 Å². The van der Waals surface area contributed by atoms with E-state index in [0.717, 1.165) is 11.6 Å². The van der Waals surface area contributed by atoms with Crippen molar-refractivity contribution in [3.05, 3.63) is 15.6 Å². The van der Waals surface area contributed by atoms with Crippen molar-refractivity contribution in [2.24, 2.45) is 11.7 Å². The molecule has 1 aliphatic carbocycles. The Kier molecular flexibility index (Phi) is 3.42. The summed E-state index contributed by atoms with van der Waals surface area (Å²) in [7, 11) is 0. The zero-order valence-corrected chi connectivity index (χ0v) is 10.4. The van der Waals surface area contributed by atoms with Crippen LogP contribution in [-0.4, -0.2) is 4.98 Å². The summed E-state index contributed by atoms with van der Waals surface area (Å²) in [6, 6.07) is 0. The molecule has 1 heterocycles. The van der Waals surface area contributed by atoms with Crippen molar-refractivity contribution >= 4 is 11.3 Å². The van der Waals surface area contributed by atoms with E-state index < -0.39 is 0 Å². The molecule has 1 aliphatic rings. The Bertz CT molecular complexity index is 324. The highest BCUT2D eigenvalue weighted by Crippen LogP contribution is 2.37. The molecule has 2 nitrogen and oxygen atoms in total. The summed E-state index contributed by atoms with van der Waals surface area (Å²) in [5, 5.41) is 1.33. The maximum absolute atomic E-state index is 5.69. The average molecular weight is 224 g/mol. The van der Waals surface area contributed by atoms with Crippen molar-refractivity contribution in [1.29, 1.82) is 0 Å². The van der Waals surface area contributed by atoms with Crippen LogP contribution in [0.1, 0.15) is 54.1 Å². The molecule has 1 fully saturated rings. The predicted octanol–water partition coefficient (Wildman–Crippen LogP) is 3.20. The fourth-order valence-corrected chi connectivity index (χ4v) is 3.44. The molecule has 0 amide bonds. The molecule has 0 atom stereocenters. The smallest absolute Gasteiger partial charge is 0.0962 e. The summed E-state index contributed by atoms with van der Waals surface area (Å²) in [5.41, 5.74) is 6.84. The van der Waals surface area contributed by atoms with Crippen LogP contribution in [0.2, 0.25) is 0 Å². The van der Waals surface area contributed by atoms with E-state index in [-0.39, 0.29) is 0 Å². The van der Waals surface area contributed by atoms with Gasteiger partial charge in [0.25, 0.3) is 0 Å². The number of hydrogen-bond acceptors (Lipinski definition) is 3. The van der Waals surface area contributed by atoms with Crippen molar-refractivity contribution in [3.8, 4) is 0 Å². The van der Waals surface area contributed by atoms with Gasteiger partial charge in [-0.25, -0.2) is 4.98 Å². The van der Waals surface area contributed by atoms with Gasteiger partial charge < -0.3 is 5.73 Å². The molecule has 84 valence electrons. The lowest BCUT2D eigenvalue weighted by Crippen LogP contribution is -2.10. The van der Waals surface area contributed by atoms with E-state index in [9.17, 15) is 0 Å². The lowest BCUT2D eigenvalue weighted by Gasteiger charge is -2.24. The van der Waals surface area contributed by atoms with Crippen molar-refractivity contribution in [2.75, 3.05) is 0 Å². The quantitative estimate of drug-likeness (QED) is 0.838. The standard InChI is InChI=1S/C12H20N2S/c1-8-3-5-10(6-4-8)12-14-9(2)11(7-13)15-12/h8,10H,3-7,13H2,1-2H3. The molecule has 3 heteroatoms. The highest BCUT2D eigenvalue weighted by atomic mass is 32.1. The Hall–Kier alpha value is -0.410. The fraction of sp³-hybridized carbons (Fsp3) is 0.750. The second kappa shape index (κ2) is 4.62. The van der Waals surface area contributed by atoms with Gasteiger partial charge in [-0.05, 0) is 25.7 Å². The third kappa shape index (κ3) is 2.40. The molecule has 2 N–H and O–H groups in total. The first kappa shape index (κ1) is 11.1. The van der Waals surface area contributed by atoms with Gasteiger partial charge >= 0.3 is 0 Å². The van der Waals surface area contributed by atoms with Crippen molar-refractivity contribution < 1.29 is 0 Å². The third-order valence-electron chi connectivity index (χ3n) is 3.46. The predicted molar refractivity (Wildman–Crippen MR) is 65.1 cm³/mol. The lowest BCUT2D eigenvalue weighted by molar-refractivity contribution is 0.347. The van der Waals surface area contributed by atoms with Crippen LogP contribution in [0, 0.1) is 12.8 Å². The Labute approximate surface area is 95.9 Å². The van der Waals surface area contributed by atoms with Crippen LogP contribution in [0.3, 0.4) is 0 Å². The molecule has 1 saturated carbocycles. The van der Waals surface area contributed by atoms with Gasteiger partial charge in [0.05, 0.1) is 10.7 Å². The molecule has 0 aliphatic heterocycles. The maximum Gasteiger partial charge on any atom is 0.0962 e. The summed E-state index contributed by atoms with van der Waals surface area (Å²) >= 11 is 1.83.